The Morgan fingerprint density at radius 1 is 1.15 bits per heavy atom. The van der Waals surface area contributed by atoms with Crippen molar-refractivity contribution in [1.29, 1.82) is 0 Å². The third kappa shape index (κ3) is 5.93. The molecule has 172 valence electrons. The van der Waals surface area contributed by atoms with Crippen LogP contribution in [0.5, 0.6) is 5.75 Å². The van der Waals surface area contributed by atoms with E-state index < -0.39 is 23.8 Å². The molecule has 1 fully saturated rings. The number of esters is 1. The van der Waals surface area contributed by atoms with Crippen molar-refractivity contribution >= 4 is 96.7 Å². The quantitative estimate of drug-likeness (QED) is 0.202. The first-order chi connectivity index (χ1) is 15.6. The summed E-state index contributed by atoms with van der Waals surface area (Å²) in [6.45, 7) is 3.57. The van der Waals surface area contributed by atoms with Gasteiger partial charge in [-0.25, -0.2) is 14.5 Å². The minimum Gasteiger partial charge on any atom is -0.480 e. The molecule has 1 aliphatic heterocycles. The predicted octanol–water partition coefficient (Wildman–Crippen LogP) is 4.58. The number of anilines is 1. The lowest BCUT2D eigenvalue weighted by Crippen LogP contribution is -2.54. The molecular weight excluding hydrogens is 722 g/mol. The van der Waals surface area contributed by atoms with Crippen LogP contribution in [0.15, 0.2) is 40.4 Å². The summed E-state index contributed by atoms with van der Waals surface area (Å²) in [6.07, 6.45) is 1.42. The molecule has 11 heteroatoms. The molecule has 2 aromatic rings. The molecule has 0 aliphatic carbocycles. The second-order valence-corrected chi connectivity index (χ2v) is 9.98. The molecule has 1 N–H and O–H groups in total. The second-order valence-electron chi connectivity index (χ2n) is 6.80. The summed E-state index contributed by atoms with van der Waals surface area (Å²) < 4.78 is 12.6. The number of nitrogens with one attached hydrogen (secondary N) is 1. The Morgan fingerprint density at radius 2 is 1.82 bits per heavy atom. The topological polar surface area (TPSA) is 102 Å². The van der Waals surface area contributed by atoms with Crippen LogP contribution in [0.25, 0.3) is 6.08 Å². The smallest absolute Gasteiger partial charge is 0.344 e. The van der Waals surface area contributed by atoms with Crippen molar-refractivity contribution < 1.29 is 28.7 Å². The Kier molecular flexibility index (Phi) is 8.50. The summed E-state index contributed by atoms with van der Waals surface area (Å²) in [6, 6.07) is 7.63. The van der Waals surface area contributed by atoms with Gasteiger partial charge in [-0.1, -0.05) is 15.9 Å². The van der Waals surface area contributed by atoms with Gasteiger partial charge in [0.15, 0.2) is 6.61 Å². The summed E-state index contributed by atoms with van der Waals surface area (Å²) >= 11 is 7.47. The van der Waals surface area contributed by atoms with Crippen molar-refractivity contribution in [3.63, 3.8) is 0 Å². The minimum atomic E-state index is -0.809. The fourth-order valence-corrected chi connectivity index (χ4v) is 5.34. The van der Waals surface area contributed by atoms with E-state index in [0.29, 0.717) is 24.1 Å². The fraction of sp³-hybridized carbons (Fsp3) is 0.182. The average Bonchev–Trinajstić information content (AvgIpc) is 2.73. The molecule has 1 heterocycles. The summed E-state index contributed by atoms with van der Waals surface area (Å²) in [7, 11) is 0. The Labute approximate surface area is 225 Å². The highest BCUT2D eigenvalue weighted by atomic mass is 127. The van der Waals surface area contributed by atoms with E-state index in [1.165, 1.54) is 6.08 Å². The maximum Gasteiger partial charge on any atom is 0.344 e. The molecule has 0 spiro atoms. The van der Waals surface area contributed by atoms with Gasteiger partial charge in [-0.15, -0.1) is 0 Å². The first-order valence-corrected chi connectivity index (χ1v) is 12.5. The molecule has 4 amide bonds. The van der Waals surface area contributed by atoms with Gasteiger partial charge in [0.25, 0.3) is 11.8 Å². The van der Waals surface area contributed by atoms with E-state index in [2.05, 4.69) is 21.2 Å². The lowest BCUT2D eigenvalue weighted by atomic mass is 10.1. The van der Waals surface area contributed by atoms with Crippen molar-refractivity contribution in [2.75, 3.05) is 18.1 Å². The number of hydrogen-bond acceptors (Lipinski definition) is 6. The molecule has 0 atom stereocenters. The van der Waals surface area contributed by atoms with Crippen molar-refractivity contribution in [2.45, 2.75) is 13.8 Å². The number of benzene rings is 2. The van der Waals surface area contributed by atoms with Crippen molar-refractivity contribution in [1.82, 2.24) is 5.32 Å². The van der Waals surface area contributed by atoms with Crippen LogP contribution in [0.2, 0.25) is 0 Å². The zero-order chi connectivity index (χ0) is 24.3. The van der Waals surface area contributed by atoms with Crippen LogP contribution in [0.3, 0.4) is 0 Å². The van der Waals surface area contributed by atoms with Gasteiger partial charge < -0.3 is 9.47 Å². The standard InChI is InChI=1S/C22H17BrI2N2O6/c1-3-32-18(28)10-33-19-16(24)8-12(9-17(19)25)7-14-20(29)26-22(31)27(21(14)30)13-4-5-15(23)11(2)6-13/h4-9H,3,10H2,1-2H3,(H,26,29,31)/b14-7+. The normalized spacial score (nSPS) is 15.0. The van der Waals surface area contributed by atoms with Gasteiger partial charge in [0.2, 0.25) is 0 Å². The number of hydrogen-bond donors (Lipinski definition) is 1. The van der Waals surface area contributed by atoms with Gasteiger partial charge in [0.1, 0.15) is 11.3 Å². The summed E-state index contributed by atoms with van der Waals surface area (Å²) in [5, 5.41) is 2.22. The average molecular weight is 739 g/mol. The molecule has 8 nitrogen and oxygen atoms in total. The zero-order valence-corrected chi connectivity index (χ0v) is 23.3. The number of barbiturate groups is 1. The van der Waals surface area contributed by atoms with E-state index in [-0.39, 0.29) is 18.8 Å². The molecule has 1 saturated heterocycles. The number of urea groups is 1. The van der Waals surface area contributed by atoms with Crippen LogP contribution in [-0.4, -0.2) is 37.0 Å². The number of imide groups is 2. The number of nitrogens with zero attached hydrogens (tertiary/aromatic N) is 1. The second kappa shape index (κ2) is 11.0. The lowest BCUT2D eigenvalue weighted by molar-refractivity contribution is -0.145. The van der Waals surface area contributed by atoms with E-state index in [4.69, 9.17) is 9.47 Å². The molecule has 0 radical (unpaired) electrons. The molecule has 0 saturated carbocycles. The minimum absolute atomic E-state index is 0.179. The first kappa shape index (κ1) is 25.6. The third-order valence-electron chi connectivity index (χ3n) is 4.47. The van der Waals surface area contributed by atoms with E-state index in [1.54, 1.807) is 37.3 Å². The molecule has 3 rings (SSSR count). The van der Waals surface area contributed by atoms with E-state index >= 15 is 0 Å². The largest absolute Gasteiger partial charge is 0.480 e. The number of halogens is 3. The molecule has 33 heavy (non-hydrogen) atoms. The van der Waals surface area contributed by atoms with Gasteiger partial charge in [-0.3, -0.25) is 14.9 Å². The summed E-state index contributed by atoms with van der Waals surface area (Å²) in [5.41, 5.74) is 1.57. The van der Waals surface area contributed by atoms with Crippen molar-refractivity contribution in [2.24, 2.45) is 0 Å². The van der Waals surface area contributed by atoms with Crippen molar-refractivity contribution in [3.8, 4) is 5.75 Å². The highest BCUT2D eigenvalue weighted by Crippen LogP contribution is 2.31. The molecule has 0 bridgehead atoms. The molecule has 2 aromatic carbocycles. The van der Waals surface area contributed by atoms with Crippen LogP contribution in [0.4, 0.5) is 10.5 Å². The third-order valence-corrected chi connectivity index (χ3v) is 6.97. The van der Waals surface area contributed by atoms with Gasteiger partial charge in [0, 0.05) is 4.47 Å². The van der Waals surface area contributed by atoms with Crippen LogP contribution >= 0.6 is 61.1 Å². The van der Waals surface area contributed by atoms with Crippen LogP contribution < -0.4 is 15.0 Å². The Balaban J connectivity index is 1.91. The molecular formula is C22H17BrI2N2O6. The maximum atomic E-state index is 13.1. The Bertz CT molecular complexity index is 1170. The summed E-state index contributed by atoms with van der Waals surface area (Å²) in [4.78, 5) is 50.5. The number of ether oxygens (including phenoxy) is 2. The number of carbonyl (C=O) groups excluding carboxylic acids is 4. The van der Waals surface area contributed by atoms with Crippen LogP contribution in [-0.2, 0) is 19.1 Å². The number of carbonyl (C=O) groups is 4. The highest BCUT2D eigenvalue weighted by molar-refractivity contribution is 14.1. The lowest BCUT2D eigenvalue weighted by Gasteiger charge is -2.26. The number of amides is 4. The van der Waals surface area contributed by atoms with Crippen LogP contribution in [0.1, 0.15) is 18.1 Å². The van der Waals surface area contributed by atoms with Gasteiger partial charge >= 0.3 is 12.0 Å². The molecule has 0 aromatic heterocycles. The Morgan fingerprint density at radius 3 is 2.42 bits per heavy atom. The zero-order valence-electron chi connectivity index (χ0n) is 17.4. The van der Waals surface area contributed by atoms with Gasteiger partial charge in [-0.05, 0) is 107 Å². The van der Waals surface area contributed by atoms with Gasteiger partial charge in [-0.2, -0.15) is 0 Å². The number of aryl methyl sites for hydroxylation is 1. The summed E-state index contributed by atoms with van der Waals surface area (Å²) in [5.74, 6) is -1.48. The predicted molar refractivity (Wildman–Crippen MR) is 142 cm³/mol. The molecule has 0 unspecified atom stereocenters. The first-order valence-electron chi connectivity index (χ1n) is 9.57. The van der Waals surface area contributed by atoms with E-state index in [0.717, 1.165) is 14.9 Å². The van der Waals surface area contributed by atoms with Gasteiger partial charge in [0.05, 0.1) is 19.4 Å². The van der Waals surface area contributed by atoms with Crippen molar-refractivity contribution in [3.05, 3.63) is 58.6 Å². The maximum absolute atomic E-state index is 13.1. The Hall–Kier alpha value is -2.00. The van der Waals surface area contributed by atoms with E-state index in [1.807, 2.05) is 52.1 Å². The van der Waals surface area contributed by atoms with E-state index in [9.17, 15) is 19.2 Å². The SMILES string of the molecule is CCOC(=O)COc1c(I)cc(/C=C2\C(=O)NC(=O)N(c3ccc(Br)c(C)c3)C2=O)cc1I. The molecule has 1 aliphatic rings. The monoisotopic (exact) mass is 738 g/mol. The highest BCUT2D eigenvalue weighted by Gasteiger charge is 2.37. The van der Waals surface area contributed by atoms with Crippen LogP contribution in [0, 0.1) is 14.1 Å². The number of rotatable bonds is 6. The fourth-order valence-electron chi connectivity index (χ4n) is 2.96.